The fourth-order valence-electron chi connectivity index (χ4n) is 2.93. The first-order chi connectivity index (χ1) is 13.4. The van der Waals surface area contributed by atoms with E-state index in [1.54, 1.807) is 18.2 Å². The third kappa shape index (κ3) is 4.38. The summed E-state index contributed by atoms with van der Waals surface area (Å²) in [5.41, 5.74) is 8.75. The number of hydrogen-bond donors (Lipinski definition) is 3. The minimum atomic E-state index is -0.703. The molecule has 0 bridgehead atoms. The molecule has 2 unspecified atom stereocenters. The van der Waals surface area contributed by atoms with Crippen molar-refractivity contribution in [2.45, 2.75) is 18.1 Å². The molecule has 1 aliphatic rings. The standard InChI is InChI=1S/C20H17BrN4O2S/c1-11-5-7-12(8-6-11)16-15(10-22)18(23)28-17(16)19(26)25-20(27)24-14-4-2-3-13(21)9-14/h2-9,16-17H,23H2,1H3,(H2,24,25,26,27). The number of thioether (sulfide) groups is 1. The Morgan fingerprint density at radius 2 is 1.93 bits per heavy atom. The number of imide groups is 1. The van der Waals surface area contributed by atoms with Gasteiger partial charge in [0.15, 0.2) is 0 Å². The minimum absolute atomic E-state index is 0.306. The Morgan fingerprint density at radius 3 is 2.57 bits per heavy atom. The molecule has 0 aliphatic carbocycles. The van der Waals surface area contributed by atoms with E-state index < -0.39 is 23.1 Å². The van der Waals surface area contributed by atoms with Crippen molar-refractivity contribution in [3.8, 4) is 6.07 Å². The van der Waals surface area contributed by atoms with E-state index in [1.807, 2.05) is 37.3 Å². The second-order valence-electron chi connectivity index (χ2n) is 6.27. The van der Waals surface area contributed by atoms with Gasteiger partial charge in [-0.2, -0.15) is 5.26 Å². The van der Waals surface area contributed by atoms with Gasteiger partial charge in [0.05, 0.1) is 16.7 Å². The quantitative estimate of drug-likeness (QED) is 0.646. The van der Waals surface area contributed by atoms with Gasteiger partial charge in [0.2, 0.25) is 5.91 Å². The lowest BCUT2D eigenvalue weighted by Crippen LogP contribution is -2.41. The number of anilines is 1. The molecule has 2 atom stereocenters. The first-order valence-electron chi connectivity index (χ1n) is 8.39. The molecule has 28 heavy (non-hydrogen) atoms. The average Bonchev–Trinajstić information content (AvgIpc) is 2.98. The number of halogens is 1. The van der Waals surface area contributed by atoms with Crippen LogP contribution in [0.2, 0.25) is 0 Å². The number of benzene rings is 2. The summed E-state index contributed by atoms with van der Waals surface area (Å²) >= 11 is 4.42. The summed E-state index contributed by atoms with van der Waals surface area (Å²) in [5, 5.41) is 14.1. The summed E-state index contributed by atoms with van der Waals surface area (Å²) in [6.45, 7) is 1.96. The molecule has 0 saturated heterocycles. The van der Waals surface area contributed by atoms with E-state index in [-0.39, 0.29) is 0 Å². The highest BCUT2D eigenvalue weighted by atomic mass is 79.9. The van der Waals surface area contributed by atoms with Crippen LogP contribution in [0.15, 0.2) is 63.6 Å². The Bertz CT molecular complexity index is 998. The van der Waals surface area contributed by atoms with Gasteiger partial charge in [-0.25, -0.2) is 4.79 Å². The van der Waals surface area contributed by atoms with Crippen LogP contribution >= 0.6 is 27.7 Å². The molecule has 2 aromatic carbocycles. The zero-order valence-electron chi connectivity index (χ0n) is 14.9. The van der Waals surface area contributed by atoms with Crippen molar-refractivity contribution in [3.63, 3.8) is 0 Å². The number of carbonyl (C=O) groups is 2. The van der Waals surface area contributed by atoms with Crippen LogP contribution < -0.4 is 16.4 Å². The largest absolute Gasteiger partial charge is 0.393 e. The summed E-state index contributed by atoms with van der Waals surface area (Å²) in [6.07, 6.45) is 0. The van der Waals surface area contributed by atoms with Gasteiger partial charge in [-0.3, -0.25) is 10.1 Å². The predicted octanol–water partition coefficient (Wildman–Crippen LogP) is 4.00. The molecule has 0 saturated carbocycles. The lowest BCUT2D eigenvalue weighted by atomic mass is 9.88. The van der Waals surface area contributed by atoms with Gasteiger partial charge in [-0.1, -0.05) is 63.6 Å². The number of nitriles is 1. The summed E-state index contributed by atoms with van der Waals surface area (Å²) in [4.78, 5) is 25.0. The molecule has 6 nitrogen and oxygen atoms in total. The van der Waals surface area contributed by atoms with Gasteiger partial charge < -0.3 is 11.1 Å². The molecule has 1 aliphatic heterocycles. The van der Waals surface area contributed by atoms with Crippen molar-refractivity contribution < 1.29 is 9.59 Å². The van der Waals surface area contributed by atoms with Gasteiger partial charge in [-0.05, 0) is 30.7 Å². The Hall–Kier alpha value is -2.76. The smallest absolute Gasteiger partial charge is 0.325 e. The van der Waals surface area contributed by atoms with Crippen molar-refractivity contribution in [3.05, 3.63) is 74.7 Å². The molecule has 0 fully saturated rings. The van der Waals surface area contributed by atoms with Gasteiger partial charge in [-0.15, -0.1) is 0 Å². The van der Waals surface area contributed by atoms with Crippen LogP contribution in [0.5, 0.6) is 0 Å². The number of aryl methyl sites for hydroxylation is 1. The van der Waals surface area contributed by atoms with E-state index in [1.165, 1.54) is 0 Å². The van der Waals surface area contributed by atoms with E-state index in [0.717, 1.165) is 27.4 Å². The molecule has 3 amide bonds. The fourth-order valence-corrected chi connectivity index (χ4v) is 4.50. The molecule has 3 rings (SSSR count). The van der Waals surface area contributed by atoms with Crippen molar-refractivity contribution >= 4 is 45.3 Å². The Balaban J connectivity index is 1.77. The molecule has 8 heteroatoms. The van der Waals surface area contributed by atoms with Crippen LogP contribution in [-0.4, -0.2) is 17.2 Å². The zero-order chi connectivity index (χ0) is 20.3. The molecule has 142 valence electrons. The van der Waals surface area contributed by atoms with Crippen LogP contribution in [0.1, 0.15) is 17.0 Å². The van der Waals surface area contributed by atoms with Crippen LogP contribution in [-0.2, 0) is 4.79 Å². The maximum atomic E-state index is 12.8. The number of allylic oxidation sites excluding steroid dienone is 1. The van der Waals surface area contributed by atoms with Gasteiger partial charge in [0, 0.05) is 16.1 Å². The van der Waals surface area contributed by atoms with Crippen LogP contribution in [0, 0.1) is 18.3 Å². The molecular formula is C20H17BrN4O2S. The first kappa shape index (κ1) is 20.0. The zero-order valence-corrected chi connectivity index (χ0v) is 17.3. The van der Waals surface area contributed by atoms with Gasteiger partial charge in [0.1, 0.15) is 5.25 Å². The highest BCUT2D eigenvalue weighted by Gasteiger charge is 2.41. The second kappa shape index (κ2) is 8.50. The lowest BCUT2D eigenvalue weighted by Gasteiger charge is -2.19. The van der Waals surface area contributed by atoms with Crippen LogP contribution in [0.3, 0.4) is 0 Å². The van der Waals surface area contributed by atoms with E-state index in [2.05, 4.69) is 32.6 Å². The molecule has 0 spiro atoms. The first-order valence-corrected chi connectivity index (χ1v) is 10.1. The van der Waals surface area contributed by atoms with E-state index in [4.69, 9.17) is 5.73 Å². The van der Waals surface area contributed by atoms with E-state index >= 15 is 0 Å². The molecule has 2 aromatic rings. The van der Waals surface area contributed by atoms with Crippen molar-refractivity contribution in [2.75, 3.05) is 5.32 Å². The number of rotatable bonds is 3. The molecule has 0 aromatic heterocycles. The van der Waals surface area contributed by atoms with Crippen molar-refractivity contribution in [1.82, 2.24) is 5.32 Å². The van der Waals surface area contributed by atoms with Crippen LogP contribution in [0.25, 0.3) is 0 Å². The van der Waals surface area contributed by atoms with Crippen LogP contribution in [0.4, 0.5) is 10.5 Å². The van der Waals surface area contributed by atoms with Gasteiger partial charge in [0.25, 0.3) is 0 Å². The Labute approximate surface area is 175 Å². The number of carbonyl (C=O) groups excluding carboxylic acids is 2. The molecule has 1 heterocycles. The van der Waals surface area contributed by atoms with Crippen molar-refractivity contribution in [2.24, 2.45) is 5.73 Å². The monoisotopic (exact) mass is 456 g/mol. The third-order valence-corrected chi connectivity index (χ3v) is 5.97. The maximum Gasteiger partial charge on any atom is 0.325 e. The SMILES string of the molecule is Cc1ccc(C2C(C#N)=C(N)SC2C(=O)NC(=O)Nc2cccc(Br)c2)cc1. The number of urea groups is 1. The molecule has 0 radical (unpaired) electrons. The predicted molar refractivity (Wildman–Crippen MR) is 113 cm³/mol. The third-order valence-electron chi connectivity index (χ3n) is 4.27. The summed E-state index contributed by atoms with van der Waals surface area (Å²) in [6, 6.07) is 16.1. The second-order valence-corrected chi connectivity index (χ2v) is 8.37. The molecule has 4 N–H and O–H groups in total. The fraction of sp³-hybridized carbons (Fsp3) is 0.150. The summed E-state index contributed by atoms with van der Waals surface area (Å²) in [7, 11) is 0. The van der Waals surface area contributed by atoms with Gasteiger partial charge >= 0.3 is 6.03 Å². The number of nitrogens with one attached hydrogen (secondary N) is 2. The topological polar surface area (TPSA) is 108 Å². The summed E-state index contributed by atoms with van der Waals surface area (Å²) in [5.74, 6) is -1.01. The minimum Gasteiger partial charge on any atom is -0.393 e. The highest BCUT2D eigenvalue weighted by Crippen LogP contribution is 2.45. The van der Waals surface area contributed by atoms with E-state index in [9.17, 15) is 14.9 Å². The normalized spacial score (nSPS) is 18.5. The average molecular weight is 457 g/mol. The number of hydrogen-bond acceptors (Lipinski definition) is 5. The Morgan fingerprint density at radius 1 is 1.21 bits per heavy atom. The lowest BCUT2D eigenvalue weighted by molar-refractivity contribution is -0.119. The Kier molecular flexibility index (Phi) is 6.07. The maximum absolute atomic E-state index is 12.8. The summed E-state index contributed by atoms with van der Waals surface area (Å²) < 4.78 is 0.804. The van der Waals surface area contributed by atoms with E-state index in [0.29, 0.717) is 16.3 Å². The molecular weight excluding hydrogens is 440 g/mol. The number of nitrogens with zero attached hydrogens (tertiary/aromatic N) is 1. The number of nitrogens with two attached hydrogens (primary N) is 1. The van der Waals surface area contributed by atoms with Crippen molar-refractivity contribution in [1.29, 1.82) is 5.26 Å². The number of amides is 3. The highest BCUT2D eigenvalue weighted by molar-refractivity contribution is 9.10.